The van der Waals surface area contributed by atoms with Crippen LogP contribution in [0.3, 0.4) is 0 Å². The first-order valence-electron chi connectivity index (χ1n) is 33.7. The van der Waals surface area contributed by atoms with E-state index in [1.165, 1.54) is 283 Å². The Bertz CT molecular complexity index is 1210. The molecule has 0 saturated heterocycles. The van der Waals surface area contributed by atoms with Crippen LogP contribution in [-0.2, 0) is 14.3 Å². The van der Waals surface area contributed by atoms with Gasteiger partial charge in [-0.05, 0) is 83.5 Å². The molecule has 2 unspecified atom stereocenters. The molecule has 0 aliphatic heterocycles. The van der Waals surface area contributed by atoms with Crippen LogP contribution in [0.1, 0.15) is 367 Å². The Morgan fingerprint density at radius 1 is 0.373 bits per heavy atom. The zero-order valence-electron chi connectivity index (χ0n) is 50.5. The van der Waals surface area contributed by atoms with Crippen LogP contribution in [0.2, 0.25) is 0 Å². The van der Waals surface area contributed by atoms with Crippen molar-refractivity contribution in [2.75, 3.05) is 13.2 Å². The monoisotopic (exact) mass is 1050 g/mol. The van der Waals surface area contributed by atoms with Crippen LogP contribution in [-0.4, -0.2) is 47.4 Å². The maximum Gasteiger partial charge on any atom is 0.305 e. The van der Waals surface area contributed by atoms with E-state index in [0.717, 1.165) is 51.4 Å². The topological polar surface area (TPSA) is 95.9 Å². The molecule has 0 aromatic carbocycles. The van der Waals surface area contributed by atoms with E-state index in [1.807, 2.05) is 0 Å². The Balaban J connectivity index is 3.33. The van der Waals surface area contributed by atoms with Gasteiger partial charge in [0.05, 0.1) is 25.4 Å². The number of nitrogens with one attached hydrogen (secondary N) is 1. The Morgan fingerprint density at radius 2 is 0.667 bits per heavy atom. The van der Waals surface area contributed by atoms with Crippen molar-refractivity contribution in [3.63, 3.8) is 0 Å². The second-order valence-electron chi connectivity index (χ2n) is 23.1. The van der Waals surface area contributed by atoms with Crippen LogP contribution in [0.4, 0.5) is 0 Å². The zero-order chi connectivity index (χ0) is 54.3. The molecule has 0 saturated carbocycles. The third kappa shape index (κ3) is 61.2. The highest BCUT2D eigenvalue weighted by Crippen LogP contribution is 2.18. The summed E-state index contributed by atoms with van der Waals surface area (Å²) in [4.78, 5) is 24.5. The van der Waals surface area contributed by atoms with E-state index in [-0.39, 0.29) is 18.5 Å². The van der Waals surface area contributed by atoms with Crippen LogP contribution in [0, 0.1) is 0 Å². The van der Waals surface area contributed by atoms with Gasteiger partial charge in [-0.1, -0.05) is 307 Å². The zero-order valence-corrected chi connectivity index (χ0v) is 50.5. The molecule has 0 aliphatic carbocycles. The van der Waals surface area contributed by atoms with Gasteiger partial charge in [-0.3, -0.25) is 9.59 Å². The third-order valence-electron chi connectivity index (χ3n) is 15.7. The highest BCUT2D eigenvalue weighted by Gasteiger charge is 2.20. The molecule has 1 amide bonds. The summed E-state index contributed by atoms with van der Waals surface area (Å²) in [6, 6.07) is -0.538. The number of allylic oxidation sites excluding steroid dienone is 6. The number of aliphatic hydroxyl groups is 2. The molecular weight excluding hydrogens is 923 g/mol. The normalized spacial score (nSPS) is 12.7. The number of hydrogen-bond acceptors (Lipinski definition) is 5. The maximum atomic E-state index is 12.4. The summed E-state index contributed by atoms with van der Waals surface area (Å²) < 4.78 is 5.50. The number of aliphatic hydroxyl groups excluding tert-OH is 2. The molecular formula is C69H131NO5. The molecule has 0 radical (unpaired) electrons. The van der Waals surface area contributed by atoms with Gasteiger partial charge >= 0.3 is 5.97 Å². The molecule has 0 fully saturated rings. The summed E-state index contributed by atoms with van der Waals surface area (Å²) in [5.41, 5.74) is 0. The third-order valence-corrected chi connectivity index (χ3v) is 15.7. The summed E-state index contributed by atoms with van der Waals surface area (Å²) in [7, 11) is 0. The molecule has 0 aliphatic rings. The number of unbranched alkanes of at least 4 members (excludes halogenated alkanes) is 46. The highest BCUT2D eigenvalue weighted by molar-refractivity contribution is 5.76. The smallest absolute Gasteiger partial charge is 0.305 e. The lowest BCUT2D eigenvalue weighted by molar-refractivity contribution is -0.143. The maximum absolute atomic E-state index is 12.4. The molecule has 442 valence electrons. The van der Waals surface area contributed by atoms with Crippen molar-refractivity contribution >= 4 is 11.9 Å². The number of carbonyl (C=O) groups is 2. The molecule has 0 rings (SSSR count). The van der Waals surface area contributed by atoms with Gasteiger partial charge in [-0.15, -0.1) is 0 Å². The Hall–Kier alpha value is -1.92. The minimum Gasteiger partial charge on any atom is -0.466 e. The van der Waals surface area contributed by atoms with Gasteiger partial charge in [-0.2, -0.15) is 0 Å². The van der Waals surface area contributed by atoms with Crippen LogP contribution in [0.25, 0.3) is 0 Å². The Labute approximate surface area is 468 Å². The minimum atomic E-state index is -0.660. The van der Waals surface area contributed by atoms with Crippen molar-refractivity contribution in [2.24, 2.45) is 0 Å². The summed E-state index contributed by atoms with van der Waals surface area (Å²) in [6.07, 6.45) is 82.0. The lowest BCUT2D eigenvalue weighted by Gasteiger charge is -2.22. The van der Waals surface area contributed by atoms with E-state index < -0.39 is 12.1 Å². The first kappa shape index (κ1) is 73.1. The van der Waals surface area contributed by atoms with Crippen LogP contribution >= 0.6 is 0 Å². The lowest BCUT2D eigenvalue weighted by atomic mass is 10.0. The van der Waals surface area contributed by atoms with Crippen molar-refractivity contribution in [3.8, 4) is 0 Å². The minimum absolute atomic E-state index is 0.0104. The van der Waals surface area contributed by atoms with Crippen molar-refractivity contribution in [3.05, 3.63) is 36.5 Å². The fourth-order valence-corrected chi connectivity index (χ4v) is 10.5. The van der Waals surface area contributed by atoms with Gasteiger partial charge in [0.15, 0.2) is 0 Å². The number of esters is 1. The van der Waals surface area contributed by atoms with Gasteiger partial charge in [0.1, 0.15) is 0 Å². The summed E-state index contributed by atoms with van der Waals surface area (Å²) in [5.74, 6) is -0.0238. The molecule has 0 bridgehead atoms. The molecule has 0 heterocycles. The van der Waals surface area contributed by atoms with E-state index in [1.54, 1.807) is 0 Å². The van der Waals surface area contributed by atoms with E-state index in [2.05, 4.69) is 55.6 Å². The SMILES string of the molecule is CCCCCC/C=C\C/C=C\CCCCCCCCCC(=O)OCCCCCCCCCCCCCC/C=C\CCCCCCCCCCCCCCCCCC(=O)NC(CO)C(O)CCCCCCCCCCC. The average molecular weight is 1050 g/mol. The first-order valence-corrected chi connectivity index (χ1v) is 33.7. The summed E-state index contributed by atoms with van der Waals surface area (Å²) >= 11 is 0. The molecule has 3 N–H and O–H groups in total. The molecule has 2 atom stereocenters. The van der Waals surface area contributed by atoms with Gasteiger partial charge < -0.3 is 20.3 Å². The summed E-state index contributed by atoms with van der Waals surface area (Å²) in [6.45, 7) is 4.93. The van der Waals surface area contributed by atoms with Crippen LogP contribution in [0.15, 0.2) is 36.5 Å². The van der Waals surface area contributed by atoms with Gasteiger partial charge in [0.25, 0.3) is 0 Å². The molecule has 6 nitrogen and oxygen atoms in total. The van der Waals surface area contributed by atoms with Crippen LogP contribution < -0.4 is 5.32 Å². The van der Waals surface area contributed by atoms with Crippen molar-refractivity contribution in [1.82, 2.24) is 5.32 Å². The van der Waals surface area contributed by atoms with Crippen molar-refractivity contribution in [1.29, 1.82) is 0 Å². The van der Waals surface area contributed by atoms with Crippen molar-refractivity contribution < 1.29 is 24.5 Å². The molecule has 0 aromatic heterocycles. The fourth-order valence-electron chi connectivity index (χ4n) is 10.5. The number of carbonyl (C=O) groups excluding carboxylic acids is 2. The van der Waals surface area contributed by atoms with Crippen molar-refractivity contribution in [2.45, 2.75) is 379 Å². The molecule has 6 heteroatoms. The fraction of sp³-hybridized carbons (Fsp3) is 0.884. The number of amides is 1. The van der Waals surface area contributed by atoms with Crippen LogP contribution in [0.5, 0.6) is 0 Å². The molecule has 0 aromatic rings. The van der Waals surface area contributed by atoms with E-state index in [9.17, 15) is 19.8 Å². The highest BCUT2D eigenvalue weighted by atomic mass is 16.5. The Morgan fingerprint density at radius 3 is 1.04 bits per heavy atom. The van der Waals surface area contributed by atoms with E-state index in [4.69, 9.17) is 4.74 Å². The first-order chi connectivity index (χ1) is 37.0. The van der Waals surface area contributed by atoms with Gasteiger partial charge in [-0.25, -0.2) is 0 Å². The summed E-state index contributed by atoms with van der Waals surface area (Å²) in [5, 5.41) is 23.1. The number of ether oxygens (including phenoxy) is 1. The quantitative estimate of drug-likeness (QED) is 0.0320. The predicted octanol–water partition coefficient (Wildman–Crippen LogP) is 21.5. The van der Waals surface area contributed by atoms with E-state index in [0.29, 0.717) is 25.9 Å². The average Bonchev–Trinajstić information content (AvgIpc) is 3.41. The predicted molar refractivity (Wildman–Crippen MR) is 329 cm³/mol. The molecule has 0 spiro atoms. The standard InChI is InChI=1S/C69H131NO5/c1-3-5-7-9-11-13-14-15-16-17-34-37-40-43-47-51-55-59-63-69(74)75-64-60-56-52-48-44-41-38-35-32-30-28-26-24-22-20-18-19-21-23-25-27-29-31-33-36-39-42-46-50-54-58-62-68(73)70-66(65-71)67(72)61-57-53-49-45-12-10-8-6-4-2/h13-14,16-17,20,22,66-67,71-72H,3-12,15,18-19,21,23-65H2,1-2H3,(H,70,73)/b14-13-,17-16-,22-20-. The number of hydrogen-bond donors (Lipinski definition) is 3. The lowest BCUT2D eigenvalue weighted by Crippen LogP contribution is -2.45. The largest absolute Gasteiger partial charge is 0.466 e. The van der Waals surface area contributed by atoms with Gasteiger partial charge in [0.2, 0.25) is 5.91 Å². The molecule has 75 heavy (non-hydrogen) atoms. The Kier molecular flexibility index (Phi) is 63.0. The number of rotatable bonds is 63. The second-order valence-corrected chi connectivity index (χ2v) is 23.1. The van der Waals surface area contributed by atoms with Gasteiger partial charge in [0, 0.05) is 12.8 Å². The second kappa shape index (κ2) is 64.6. The van der Waals surface area contributed by atoms with E-state index >= 15 is 0 Å².